The van der Waals surface area contributed by atoms with Crippen LogP contribution in [0.15, 0.2) is 103 Å². The number of rotatable bonds is 7. The molecule has 0 bridgehead atoms. The van der Waals surface area contributed by atoms with Crippen LogP contribution in [0.1, 0.15) is 117 Å². The smallest absolute Gasteiger partial charge is 0.421 e. The fourth-order valence-corrected chi connectivity index (χ4v) is 11.2. The molecule has 0 aromatic heterocycles. The van der Waals surface area contributed by atoms with Crippen LogP contribution in [0, 0.1) is 17.8 Å². The van der Waals surface area contributed by atoms with Gasteiger partial charge in [-0.25, -0.2) is 9.69 Å². The molecule has 9 rings (SSSR count). The van der Waals surface area contributed by atoms with Gasteiger partial charge < -0.3 is 29.3 Å². The molecule has 338 valence electrons. The van der Waals surface area contributed by atoms with Gasteiger partial charge in [-0.2, -0.15) is 0 Å². The fourth-order valence-electron chi connectivity index (χ4n) is 11.2. The molecule has 12 nitrogen and oxygen atoms in total. The van der Waals surface area contributed by atoms with E-state index in [4.69, 9.17) is 14.2 Å². The van der Waals surface area contributed by atoms with Crippen LogP contribution < -0.4 is 4.90 Å². The average molecular weight is 880 g/mol. The van der Waals surface area contributed by atoms with Gasteiger partial charge in [0.25, 0.3) is 0 Å². The molecule has 0 unspecified atom stereocenters. The lowest BCUT2D eigenvalue weighted by Gasteiger charge is -2.46. The summed E-state index contributed by atoms with van der Waals surface area (Å²) in [7, 11) is 1.48. The van der Waals surface area contributed by atoms with Crippen molar-refractivity contribution < 1.29 is 43.6 Å². The number of aliphatic hydroxyl groups is 1. The first-order valence-corrected chi connectivity index (χ1v) is 23.2. The number of hydrogen-bond donors (Lipinski definition) is 2. The van der Waals surface area contributed by atoms with E-state index in [-0.39, 0.29) is 30.6 Å². The van der Waals surface area contributed by atoms with E-state index in [0.29, 0.717) is 42.6 Å². The number of carbonyl (C=O) groups excluding carboxylic acids is 4. The van der Waals surface area contributed by atoms with E-state index < -0.39 is 59.1 Å². The summed E-state index contributed by atoms with van der Waals surface area (Å²) in [5.41, 5.74) is -0.114. The molecule has 4 aliphatic heterocycles. The molecule has 5 aliphatic rings. The van der Waals surface area contributed by atoms with Crippen LogP contribution in [0.4, 0.5) is 10.5 Å². The maximum absolute atomic E-state index is 16.4. The van der Waals surface area contributed by atoms with Gasteiger partial charge in [0.1, 0.15) is 35.5 Å². The zero-order chi connectivity index (χ0) is 45.1. The number of nitrogens with zero attached hydrogens (tertiary/aromatic N) is 3. The summed E-state index contributed by atoms with van der Waals surface area (Å²) in [5.74, 6) is 3.22. The van der Waals surface area contributed by atoms with Crippen LogP contribution in [-0.2, 0) is 34.0 Å². The Kier molecular flexibility index (Phi) is 12.8. The van der Waals surface area contributed by atoms with E-state index in [9.17, 15) is 15.0 Å². The highest BCUT2D eigenvalue weighted by molar-refractivity contribution is 6.23. The molecule has 0 radical (unpaired) electrons. The standard InChI is InChI=1S/C53H57N3O9/c1-63-33-34-64-51(61)55-42-26-21-36(27-30-52(62)28-13-3-4-14-29-52)35-41(42)53(50(55)60)43(48(58)54-31-15-5-2-6-16-32-54)45-49(59)65-46(38-19-11-8-12-20-38)44(37-17-9-7-10-18-37)56(45)47(53)39-22-24-40(57)25-23-39/h7-12,17-26,35,43-47,57,62H,2-6,13-16,28-29,31-34H2,1H3/t43-,44-,45-,46+,47+,53-/m1/s1. The molecule has 2 N–H and O–H groups in total. The lowest BCUT2D eigenvalue weighted by Crippen LogP contribution is -2.56. The Morgan fingerprint density at radius 2 is 1.38 bits per heavy atom. The number of morpholine rings is 1. The molecule has 1 spiro atoms. The third-order valence-corrected chi connectivity index (χ3v) is 14.2. The second-order valence-electron chi connectivity index (χ2n) is 18.1. The average Bonchev–Trinajstić information content (AvgIpc) is 3.64. The van der Waals surface area contributed by atoms with Crippen LogP contribution in [-0.4, -0.2) is 88.9 Å². The number of amides is 3. The number of cyclic esters (lactones) is 1. The van der Waals surface area contributed by atoms with Crippen LogP contribution in [0.2, 0.25) is 0 Å². The predicted octanol–water partition coefficient (Wildman–Crippen LogP) is 8.07. The zero-order valence-electron chi connectivity index (χ0n) is 36.9. The number of anilines is 1. The highest BCUT2D eigenvalue weighted by Crippen LogP contribution is 2.66. The van der Waals surface area contributed by atoms with Crippen LogP contribution in [0.5, 0.6) is 5.75 Å². The third kappa shape index (κ3) is 8.19. The Morgan fingerprint density at radius 3 is 2.05 bits per heavy atom. The number of benzene rings is 4. The summed E-state index contributed by atoms with van der Waals surface area (Å²) in [6.07, 6.45) is 7.38. The topological polar surface area (TPSA) is 146 Å². The van der Waals surface area contributed by atoms with E-state index >= 15 is 14.4 Å². The highest BCUT2D eigenvalue weighted by atomic mass is 16.6. The number of esters is 1. The molecular weight excluding hydrogens is 823 g/mol. The quantitative estimate of drug-likeness (QED) is 0.0809. The molecule has 3 saturated heterocycles. The van der Waals surface area contributed by atoms with Gasteiger partial charge in [0.2, 0.25) is 11.8 Å². The third-order valence-electron chi connectivity index (χ3n) is 14.2. The van der Waals surface area contributed by atoms with Gasteiger partial charge in [0.15, 0.2) is 0 Å². The Balaban J connectivity index is 1.34. The molecule has 65 heavy (non-hydrogen) atoms. The van der Waals surface area contributed by atoms with E-state index in [1.807, 2.05) is 65.6 Å². The number of hydrogen-bond acceptors (Lipinski definition) is 10. The lowest BCUT2D eigenvalue weighted by molar-refractivity contribution is -0.179. The number of imide groups is 1. The number of carbonyl (C=O) groups is 4. The molecule has 1 aliphatic carbocycles. The predicted molar refractivity (Wildman–Crippen MR) is 242 cm³/mol. The molecule has 4 aromatic carbocycles. The van der Waals surface area contributed by atoms with Crippen LogP contribution >= 0.6 is 0 Å². The van der Waals surface area contributed by atoms with Crippen molar-refractivity contribution in [2.75, 3.05) is 38.3 Å². The number of phenolic OH excluding ortho intramolecular Hbond substituents is 1. The summed E-state index contributed by atoms with van der Waals surface area (Å²) in [6.45, 7) is 0.799. The molecule has 4 fully saturated rings. The summed E-state index contributed by atoms with van der Waals surface area (Å²) in [4.78, 5) is 67.2. The first kappa shape index (κ1) is 44.2. The number of ether oxygens (including phenoxy) is 3. The first-order chi connectivity index (χ1) is 31.7. The summed E-state index contributed by atoms with van der Waals surface area (Å²) >= 11 is 0. The van der Waals surface area contributed by atoms with Crippen molar-refractivity contribution in [1.29, 1.82) is 0 Å². The van der Waals surface area contributed by atoms with Gasteiger partial charge in [-0.3, -0.25) is 19.3 Å². The van der Waals surface area contributed by atoms with Crippen molar-refractivity contribution >= 4 is 29.6 Å². The second kappa shape index (κ2) is 18.8. The number of methoxy groups -OCH3 is 1. The molecule has 3 amide bonds. The number of likely N-dealkylation sites (tertiary alicyclic amines) is 1. The summed E-state index contributed by atoms with van der Waals surface area (Å²) < 4.78 is 17.5. The minimum Gasteiger partial charge on any atom is -0.508 e. The molecular formula is C53H57N3O9. The normalized spacial score (nSPS) is 26.5. The van der Waals surface area contributed by atoms with E-state index in [0.717, 1.165) is 73.8 Å². The van der Waals surface area contributed by atoms with Crippen molar-refractivity contribution in [2.45, 2.75) is 106 Å². The van der Waals surface area contributed by atoms with E-state index in [1.165, 1.54) is 19.2 Å². The Bertz CT molecular complexity index is 2430. The van der Waals surface area contributed by atoms with Crippen molar-refractivity contribution in [3.8, 4) is 17.6 Å². The van der Waals surface area contributed by atoms with Gasteiger partial charge >= 0.3 is 12.1 Å². The molecule has 1 saturated carbocycles. The van der Waals surface area contributed by atoms with E-state index in [1.54, 1.807) is 35.2 Å². The van der Waals surface area contributed by atoms with Crippen molar-refractivity contribution in [3.05, 3.63) is 131 Å². The minimum atomic E-state index is -1.97. The van der Waals surface area contributed by atoms with Crippen molar-refractivity contribution in [3.63, 3.8) is 0 Å². The van der Waals surface area contributed by atoms with Gasteiger partial charge in [-0.1, -0.05) is 117 Å². The van der Waals surface area contributed by atoms with Crippen LogP contribution in [0.25, 0.3) is 0 Å². The van der Waals surface area contributed by atoms with Gasteiger partial charge in [-0.05, 0) is 91.1 Å². The monoisotopic (exact) mass is 879 g/mol. The largest absolute Gasteiger partial charge is 0.508 e. The Morgan fingerprint density at radius 1 is 0.754 bits per heavy atom. The summed E-state index contributed by atoms with van der Waals surface area (Å²) in [5, 5.41) is 22.4. The number of fused-ring (bicyclic) bond motifs is 3. The number of aromatic hydroxyl groups is 1. The van der Waals surface area contributed by atoms with Crippen molar-refractivity contribution in [2.24, 2.45) is 5.92 Å². The Labute approximate surface area is 380 Å². The zero-order valence-corrected chi connectivity index (χ0v) is 36.9. The maximum Gasteiger partial charge on any atom is 0.421 e. The minimum absolute atomic E-state index is 0.0130. The Hall–Kier alpha value is -6.00. The lowest BCUT2D eigenvalue weighted by atomic mass is 9.64. The van der Waals surface area contributed by atoms with Crippen LogP contribution in [0.3, 0.4) is 0 Å². The van der Waals surface area contributed by atoms with Gasteiger partial charge in [0, 0.05) is 25.8 Å². The second-order valence-corrected chi connectivity index (χ2v) is 18.1. The molecule has 4 heterocycles. The molecule has 4 aromatic rings. The van der Waals surface area contributed by atoms with Crippen molar-refractivity contribution in [1.82, 2.24) is 9.80 Å². The molecule has 12 heteroatoms. The molecule has 6 atom stereocenters. The van der Waals surface area contributed by atoms with E-state index in [2.05, 4.69) is 11.8 Å². The first-order valence-electron chi connectivity index (χ1n) is 23.2. The summed E-state index contributed by atoms with van der Waals surface area (Å²) in [6, 6.07) is 27.6. The SMILES string of the molecule is COCCOC(=O)N1C(=O)[C@@]2(c3cc(C#CC4(O)CCCCCC4)ccc31)[C@H](c1ccc(O)cc1)N1[C@H](c3ccccc3)[C@H](c3ccccc3)OC(=O)[C@H]1[C@@H]2C(=O)N1CCCCCCC1. The maximum atomic E-state index is 16.4. The van der Waals surface area contributed by atoms with Gasteiger partial charge in [-0.15, -0.1) is 0 Å². The highest BCUT2D eigenvalue weighted by Gasteiger charge is 2.76. The number of phenols is 1. The fraction of sp³-hybridized carbons (Fsp3) is 0.434. The van der Waals surface area contributed by atoms with Gasteiger partial charge in [0.05, 0.1) is 30.3 Å².